The molecule has 0 radical (unpaired) electrons. The molecule has 2 aromatic rings. The molecule has 1 aromatic carbocycles. The van der Waals surface area contributed by atoms with Gasteiger partial charge in [0.1, 0.15) is 11.6 Å². The molecule has 0 bridgehead atoms. The van der Waals surface area contributed by atoms with Crippen LogP contribution < -0.4 is 4.74 Å². The number of likely N-dealkylation sites (tertiary alicyclic amines) is 1. The maximum atomic E-state index is 13.3. The fraction of sp³-hybridized carbons (Fsp3) is 0.480. The molecule has 3 heterocycles. The first kappa shape index (κ1) is 23.2. The van der Waals surface area contributed by atoms with Crippen LogP contribution in [0, 0.1) is 18.2 Å². The predicted octanol–water partition coefficient (Wildman–Crippen LogP) is 3.08. The fourth-order valence-corrected chi connectivity index (χ4v) is 4.48. The highest BCUT2D eigenvalue weighted by atomic mass is 19.1. The zero-order chi connectivity index (χ0) is 23.3. The summed E-state index contributed by atoms with van der Waals surface area (Å²) in [5.74, 6) is 0.168. The minimum Gasteiger partial charge on any atom is -0.493 e. The van der Waals surface area contributed by atoms with E-state index in [9.17, 15) is 14.0 Å². The maximum Gasteiger partial charge on any atom is 0.255 e. The van der Waals surface area contributed by atoms with Gasteiger partial charge in [-0.25, -0.2) is 4.39 Å². The van der Waals surface area contributed by atoms with E-state index in [1.807, 2.05) is 17.9 Å². The summed E-state index contributed by atoms with van der Waals surface area (Å²) in [6.45, 7) is 5.41. The average Bonchev–Trinajstić information content (AvgIpc) is 2.84. The van der Waals surface area contributed by atoms with Crippen molar-refractivity contribution in [3.63, 3.8) is 0 Å². The summed E-state index contributed by atoms with van der Waals surface area (Å²) < 4.78 is 24.7. The summed E-state index contributed by atoms with van der Waals surface area (Å²) in [5, 5.41) is 0. The summed E-state index contributed by atoms with van der Waals surface area (Å²) in [7, 11) is 0. The van der Waals surface area contributed by atoms with Crippen LogP contribution >= 0.6 is 0 Å². The van der Waals surface area contributed by atoms with E-state index in [1.165, 1.54) is 12.1 Å². The lowest BCUT2D eigenvalue weighted by Crippen LogP contribution is -2.52. The number of rotatable bonds is 6. The monoisotopic (exact) mass is 455 g/mol. The molecule has 2 aliphatic rings. The first-order valence-corrected chi connectivity index (χ1v) is 11.4. The van der Waals surface area contributed by atoms with Crippen LogP contribution in [0.25, 0.3) is 0 Å². The summed E-state index contributed by atoms with van der Waals surface area (Å²) in [6.07, 6.45) is 3.42. The molecule has 0 saturated carbocycles. The summed E-state index contributed by atoms with van der Waals surface area (Å²) in [4.78, 5) is 34.2. The Morgan fingerprint density at radius 1 is 1.09 bits per heavy atom. The van der Waals surface area contributed by atoms with Gasteiger partial charge in [0, 0.05) is 49.9 Å². The smallest absolute Gasteiger partial charge is 0.255 e. The zero-order valence-corrected chi connectivity index (χ0v) is 19.0. The third-order valence-electron chi connectivity index (χ3n) is 6.36. The lowest BCUT2D eigenvalue weighted by molar-refractivity contribution is -0.139. The molecule has 4 rings (SSSR count). The van der Waals surface area contributed by atoms with Crippen molar-refractivity contribution in [1.82, 2.24) is 14.8 Å². The lowest BCUT2D eigenvalue weighted by atomic mass is 9.77. The number of carbonyl (C=O) groups is 2. The van der Waals surface area contributed by atoms with Gasteiger partial charge in [-0.15, -0.1) is 0 Å². The lowest BCUT2D eigenvalue weighted by Gasteiger charge is -2.43. The highest BCUT2D eigenvalue weighted by Crippen LogP contribution is 2.36. The Kier molecular flexibility index (Phi) is 7.23. The minimum atomic E-state index is -0.532. The van der Waals surface area contributed by atoms with Crippen LogP contribution in [0.3, 0.4) is 0 Å². The predicted molar refractivity (Wildman–Crippen MR) is 120 cm³/mol. The standard InChI is InChI=1S/C25H30FN3O4/c1-19-3-4-20(16-27-19)24(31)29-10-2-9-25(17-29,15-23(30)28-11-13-32-14-12-28)18-33-22-7-5-21(26)6-8-22/h3-8,16H,2,9-15,17-18H2,1H3/t25-/m1/s1. The molecular weight excluding hydrogens is 425 g/mol. The van der Waals surface area contributed by atoms with Crippen molar-refractivity contribution in [3.05, 3.63) is 59.7 Å². The van der Waals surface area contributed by atoms with Gasteiger partial charge in [-0.2, -0.15) is 0 Å². The van der Waals surface area contributed by atoms with E-state index in [0.717, 1.165) is 18.5 Å². The van der Waals surface area contributed by atoms with E-state index in [4.69, 9.17) is 9.47 Å². The molecule has 0 spiro atoms. The Hall–Kier alpha value is -3.00. The van der Waals surface area contributed by atoms with E-state index >= 15 is 0 Å². The second-order valence-electron chi connectivity index (χ2n) is 8.93. The molecule has 2 amide bonds. The van der Waals surface area contributed by atoms with E-state index in [1.54, 1.807) is 29.3 Å². The molecule has 176 valence electrons. The summed E-state index contributed by atoms with van der Waals surface area (Å²) in [6, 6.07) is 9.47. The topological polar surface area (TPSA) is 72.0 Å². The number of pyridine rings is 1. The molecule has 2 aliphatic heterocycles. The molecule has 7 nitrogen and oxygen atoms in total. The Balaban J connectivity index is 1.52. The number of aromatic nitrogens is 1. The van der Waals surface area contributed by atoms with Crippen LogP contribution in [0.5, 0.6) is 5.75 Å². The fourth-order valence-electron chi connectivity index (χ4n) is 4.48. The molecule has 2 fully saturated rings. The number of nitrogens with zero attached hydrogens (tertiary/aromatic N) is 3. The molecule has 0 N–H and O–H groups in total. The number of piperidine rings is 1. The van der Waals surface area contributed by atoms with Gasteiger partial charge in [0.2, 0.25) is 5.91 Å². The van der Waals surface area contributed by atoms with Crippen molar-refractivity contribution in [2.24, 2.45) is 5.41 Å². The Bertz CT molecular complexity index is 961. The van der Waals surface area contributed by atoms with Gasteiger partial charge >= 0.3 is 0 Å². The average molecular weight is 456 g/mol. The third-order valence-corrected chi connectivity index (χ3v) is 6.36. The molecular formula is C25H30FN3O4. The quantitative estimate of drug-likeness (QED) is 0.670. The number of aryl methyl sites for hydroxylation is 1. The summed E-state index contributed by atoms with van der Waals surface area (Å²) in [5.41, 5.74) is 0.856. The van der Waals surface area contributed by atoms with Gasteiger partial charge in [0.25, 0.3) is 5.91 Å². The van der Waals surface area contributed by atoms with Gasteiger partial charge < -0.3 is 19.3 Å². The Morgan fingerprint density at radius 3 is 2.55 bits per heavy atom. The number of amides is 2. The molecule has 2 saturated heterocycles. The van der Waals surface area contributed by atoms with Crippen molar-refractivity contribution in [3.8, 4) is 5.75 Å². The number of carbonyl (C=O) groups excluding carboxylic acids is 2. The van der Waals surface area contributed by atoms with Crippen LogP contribution in [0.15, 0.2) is 42.6 Å². The molecule has 1 atom stereocenters. The molecule has 0 aliphatic carbocycles. The summed E-state index contributed by atoms with van der Waals surface area (Å²) >= 11 is 0. The van der Waals surface area contributed by atoms with Crippen LogP contribution in [0.4, 0.5) is 4.39 Å². The number of benzene rings is 1. The van der Waals surface area contributed by atoms with Crippen molar-refractivity contribution in [1.29, 1.82) is 0 Å². The van der Waals surface area contributed by atoms with Crippen molar-refractivity contribution in [2.75, 3.05) is 46.0 Å². The minimum absolute atomic E-state index is 0.0484. The van der Waals surface area contributed by atoms with Gasteiger partial charge in [0.15, 0.2) is 0 Å². The number of ether oxygens (including phenoxy) is 2. The van der Waals surface area contributed by atoms with E-state index in [2.05, 4.69) is 4.98 Å². The SMILES string of the molecule is Cc1ccc(C(=O)N2CCC[C@@](COc3ccc(F)cc3)(CC(=O)N3CCOCC3)C2)cn1. The normalized spacial score (nSPS) is 21.0. The van der Waals surface area contributed by atoms with Gasteiger partial charge in [0.05, 0.1) is 25.4 Å². The first-order chi connectivity index (χ1) is 15.9. The molecule has 0 unspecified atom stereocenters. The number of hydrogen-bond acceptors (Lipinski definition) is 5. The van der Waals surface area contributed by atoms with Gasteiger partial charge in [-0.1, -0.05) is 0 Å². The second kappa shape index (κ2) is 10.3. The van der Waals surface area contributed by atoms with E-state index in [0.29, 0.717) is 50.7 Å². The van der Waals surface area contributed by atoms with Crippen LogP contribution in [-0.4, -0.2) is 72.6 Å². The number of morpholine rings is 1. The number of halogens is 1. The Labute approximate surface area is 193 Å². The van der Waals surface area contributed by atoms with Crippen LogP contribution in [0.1, 0.15) is 35.3 Å². The molecule has 1 aromatic heterocycles. The molecule has 8 heteroatoms. The zero-order valence-electron chi connectivity index (χ0n) is 19.0. The first-order valence-electron chi connectivity index (χ1n) is 11.4. The third kappa shape index (κ3) is 5.87. The molecule has 33 heavy (non-hydrogen) atoms. The largest absolute Gasteiger partial charge is 0.493 e. The van der Waals surface area contributed by atoms with Crippen molar-refractivity contribution < 1.29 is 23.5 Å². The Morgan fingerprint density at radius 2 is 1.85 bits per heavy atom. The highest BCUT2D eigenvalue weighted by molar-refractivity contribution is 5.94. The van der Waals surface area contributed by atoms with Gasteiger partial charge in [-0.3, -0.25) is 14.6 Å². The second-order valence-corrected chi connectivity index (χ2v) is 8.93. The van der Waals surface area contributed by atoms with E-state index in [-0.39, 0.29) is 30.7 Å². The van der Waals surface area contributed by atoms with Crippen LogP contribution in [0.2, 0.25) is 0 Å². The van der Waals surface area contributed by atoms with Crippen LogP contribution in [-0.2, 0) is 9.53 Å². The van der Waals surface area contributed by atoms with Gasteiger partial charge in [-0.05, 0) is 56.2 Å². The maximum absolute atomic E-state index is 13.3. The highest BCUT2D eigenvalue weighted by Gasteiger charge is 2.41. The van der Waals surface area contributed by atoms with Crippen molar-refractivity contribution in [2.45, 2.75) is 26.2 Å². The number of hydrogen-bond donors (Lipinski definition) is 0. The van der Waals surface area contributed by atoms with Crippen molar-refractivity contribution >= 4 is 11.8 Å². The van der Waals surface area contributed by atoms with E-state index < -0.39 is 5.41 Å².